The standard InChI is InChI=1S/C26H21N3O6/c1-29-22-14-17(9-11-24(30)33-2)8-10-23(22)34-16-21(26(29)32)28-25(31)20-15-19(12-13-27-20)35-18-6-4-3-5-7-18/h3-8,10,12-15,21H,16H2,1-2H3,(H,28,31). The van der Waals surface area contributed by atoms with E-state index in [4.69, 9.17) is 9.47 Å². The molecule has 4 rings (SSSR count). The van der Waals surface area contributed by atoms with Gasteiger partial charge in [0.05, 0.1) is 12.8 Å². The number of hydrogen-bond donors (Lipinski definition) is 1. The van der Waals surface area contributed by atoms with E-state index in [1.54, 1.807) is 43.4 Å². The number of amides is 2. The normalized spacial score (nSPS) is 14.4. The summed E-state index contributed by atoms with van der Waals surface area (Å²) >= 11 is 0. The smallest absolute Gasteiger partial charge is 0.384 e. The van der Waals surface area contributed by atoms with Crippen molar-refractivity contribution in [1.29, 1.82) is 0 Å². The van der Waals surface area contributed by atoms with Gasteiger partial charge in [-0.3, -0.25) is 14.6 Å². The number of carbonyl (C=O) groups excluding carboxylic acids is 3. The molecule has 0 saturated carbocycles. The summed E-state index contributed by atoms with van der Waals surface area (Å²) in [6.45, 7) is -0.0741. The number of fused-ring (bicyclic) bond motifs is 1. The molecule has 2 amide bonds. The van der Waals surface area contributed by atoms with Crippen LogP contribution in [0, 0.1) is 11.8 Å². The summed E-state index contributed by atoms with van der Waals surface area (Å²) in [5, 5.41) is 2.68. The Morgan fingerprint density at radius 2 is 1.91 bits per heavy atom. The molecule has 35 heavy (non-hydrogen) atoms. The number of methoxy groups -OCH3 is 1. The van der Waals surface area contributed by atoms with E-state index in [2.05, 4.69) is 26.9 Å². The van der Waals surface area contributed by atoms with E-state index in [-0.39, 0.29) is 18.2 Å². The second kappa shape index (κ2) is 10.4. The molecular formula is C26H21N3O6. The van der Waals surface area contributed by atoms with Crippen LogP contribution < -0.4 is 19.7 Å². The first-order valence-electron chi connectivity index (χ1n) is 10.6. The fourth-order valence-electron chi connectivity index (χ4n) is 3.31. The quantitative estimate of drug-likeness (QED) is 0.460. The van der Waals surface area contributed by atoms with E-state index in [1.165, 1.54) is 24.3 Å². The van der Waals surface area contributed by atoms with Crippen LogP contribution in [0.4, 0.5) is 5.69 Å². The third-order valence-corrected chi connectivity index (χ3v) is 5.10. The monoisotopic (exact) mass is 471 g/mol. The Kier molecular flexibility index (Phi) is 6.93. The van der Waals surface area contributed by atoms with Gasteiger partial charge in [0.1, 0.15) is 35.6 Å². The molecule has 3 aromatic rings. The molecule has 0 saturated heterocycles. The fraction of sp³-hybridized carbons (Fsp3) is 0.154. The highest BCUT2D eigenvalue weighted by molar-refractivity contribution is 6.03. The van der Waals surface area contributed by atoms with Crippen molar-refractivity contribution in [2.45, 2.75) is 6.04 Å². The summed E-state index contributed by atoms with van der Waals surface area (Å²) in [6, 6.07) is 16.2. The van der Waals surface area contributed by atoms with E-state index in [9.17, 15) is 14.4 Å². The van der Waals surface area contributed by atoms with Crippen LogP contribution in [-0.4, -0.2) is 49.6 Å². The zero-order valence-corrected chi connectivity index (χ0v) is 19.0. The van der Waals surface area contributed by atoms with Gasteiger partial charge >= 0.3 is 5.97 Å². The van der Waals surface area contributed by atoms with E-state index in [0.717, 1.165) is 0 Å². The number of rotatable bonds is 4. The summed E-state index contributed by atoms with van der Waals surface area (Å²) in [5.41, 5.74) is 1.05. The highest BCUT2D eigenvalue weighted by Crippen LogP contribution is 2.31. The number of ether oxygens (including phenoxy) is 3. The molecule has 0 fully saturated rings. The molecule has 1 N–H and O–H groups in total. The zero-order valence-electron chi connectivity index (χ0n) is 19.0. The van der Waals surface area contributed by atoms with Crippen molar-refractivity contribution in [3.05, 3.63) is 78.1 Å². The fourth-order valence-corrected chi connectivity index (χ4v) is 3.31. The third kappa shape index (κ3) is 5.57. The van der Waals surface area contributed by atoms with Gasteiger partial charge < -0.3 is 24.4 Å². The first-order valence-corrected chi connectivity index (χ1v) is 10.6. The molecule has 1 unspecified atom stereocenters. The number of nitrogens with zero attached hydrogens (tertiary/aromatic N) is 2. The summed E-state index contributed by atoms with van der Waals surface area (Å²) in [5.74, 6) is 4.92. The largest absolute Gasteiger partial charge is 0.489 e. The second-order valence-corrected chi connectivity index (χ2v) is 7.45. The number of carbonyl (C=O) groups is 3. The van der Waals surface area contributed by atoms with Crippen molar-refractivity contribution in [2.75, 3.05) is 25.7 Å². The predicted octanol–water partition coefficient (Wildman–Crippen LogP) is 2.55. The van der Waals surface area contributed by atoms with Crippen molar-refractivity contribution in [3.63, 3.8) is 0 Å². The van der Waals surface area contributed by atoms with Crippen molar-refractivity contribution >= 4 is 23.5 Å². The van der Waals surface area contributed by atoms with Gasteiger partial charge in [0.15, 0.2) is 0 Å². The minimum absolute atomic E-state index is 0.0741. The van der Waals surface area contributed by atoms with Crippen LogP contribution in [0.3, 0.4) is 0 Å². The van der Waals surface area contributed by atoms with Crippen molar-refractivity contribution in [1.82, 2.24) is 10.3 Å². The molecule has 2 heterocycles. The lowest BCUT2D eigenvalue weighted by Crippen LogP contribution is -2.49. The summed E-state index contributed by atoms with van der Waals surface area (Å²) < 4.78 is 16.0. The summed E-state index contributed by atoms with van der Waals surface area (Å²) in [4.78, 5) is 42.7. The van der Waals surface area contributed by atoms with Crippen LogP contribution >= 0.6 is 0 Å². The molecule has 9 nitrogen and oxygen atoms in total. The van der Waals surface area contributed by atoms with Gasteiger partial charge in [-0.2, -0.15) is 0 Å². The van der Waals surface area contributed by atoms with Crippen molar-refractivity contribution in [2.24, 2.45) is 0 Å². The van der Waals surface area contributed by atoms with E-state index in [0.29, 0.717) is 28.5 Å². The van der Waals surface area contributed by atoms with Gasteiger partial charge in [-0.15, -0.1) is 0 Å². The topological polar surface area (TPSA) is 107 Å². The molecule has 0 radical (unpaired) electrons. The maximum atomic E-state index is 13.1. The number of esters is 1. The van der Waals surface area contributed by atoms with Crippen LogP contribution in [0.25, 0.3) is 0 Å². The Hall–Kier alpha value is -4.84. The van der Waals surface area contributed by atoms with Crippen molar-refractivity contribution in [3.8, 4) is 29.1 Å². The van der Waals surface area contributed by atoms with Crippen LogP contribution in [0.1, 0.15) is 16.1 Å². The van der Waals surface area contributed by atoms with Gasteiger partial charge in [-0.25, -0.2) is 4.79 Å². The van der Waals surface area contributed by atoms with Gasteiger partial charge in [-0.05, 0) is 36.4 Å². The zero-order chi connectivity index (χ0) is 24.8. The number of anilines is 1. The minimum atomic E-state index is -0.954. The van der Waals surface area contributed by atoms with Gasteiger partial charge in [0.25, 0.3) is 11.8 Å². The molecular weight excluding hydrogens is 450 g/mol. The predicted molar refractivity (Wildman–Crippen MR) is 126 cm³/mol. The highest BCUT2D eigenvalue weighted by atomic mass is 16.5. The lowest BCUT2D eigenvalue weighted by molar-refractivity contribution is -0.133. The molecule has 1 aromatic heterocycles. The molecule has 0 spiro atoms. The number of aromatic nitrogens is 1. The first kappa shape index (κ1) is 23.3. The van der Waals surface area contributed by atoms with Crippen LogP contribution in [-0.2, 0) is 14.3 Å². The third-order valence-electron chi connectivity index (χ3n) is 5.10. The number of benzene rings is 2. The summed E-state index contributed by atoms with van der Waals surface area (Å²) in [6.07, 6.45) is 1.46. The van der Waals surface area contributed by atoms with Gasteiger partial charge in [-0.1, -0.05) is 24.1 Å². The molecule has 176 valence electrons. The Morgan fingerprint density at radius 3 is 2.69 bits per heavy atom. The molecule has 2 aromatic carbocycles. The van der Waals surface area contributed by atoms with Gasteiger partial charge in [0, 0.05) is 30.8 Å². The maximum Gasteiger partial charge on any atom is 0.384 e. The molecule has 1 atom stereocenters. The SMILES string of the molecule is COC(=O)C#Cc1ccc2c(c1)N(C)C(=O)C(NC(=O)c1cc(Oc3ccccc3)ccn1)CO2. The Labute approximate surface area is 201 Å². The molecule has 0 bridgehead atoms. The van der Waals surface area contributed by atoms with E-state index >= 15 is 0 Å². The molecule has 0 aliphatic carbocycles. The highest BCUT2D eigenvalue weighted by Gasteiger charge is 2.31. The molecule has 1 aliphatic rings. The number of hydrogen-bond acceptors (Lipinski definition) is 7. The maximum absolute atomic E-state index is 13.1. The first-order chi connectivity index (χ1) is 16.9. The molecule has 9 heteroatoms. The number of likely N-dealkylation sites (N-methyl/N-ethyl adjacent to an activating group) is 1. The van der Waals surface area contributed by atoms with Crippen LogP contribution in [0.15, 0.2) is 66.9 Å². The number of pyridine rings is 1. The lowest BCUT2D eigenvalue weighted by atomic mass is 10.1. The lowest BCUT2D eigenvalue weighted by Gasteiger charge is -2.20. The van der Waals surface area contributed by atoms with Crippen molar-refractivity contribution < 1.29 is 28.6 Å². The number of para-hydroxylation sites is 1. The summed E-state index contributed by atoms with van der Waals surface area (Å²) in [7, 11) is 2.81. The Bertz CT molecular complexity index is 1330. The molecule has 1 aliphatic heterocycles. The van der Waals surface area contributed by atoms with Crippen LogP contribution in [0.2, 0.25) is 0 Å². The Balaban J connectivity index is 1.48. The van der Waals surface area contributed by atoms with Crippen LogP contribution in [0.5, 0.6) is 17.2 Å². The van der Waals surface area contributed by atoms with E-state index < -0.39 is 17.9 Å². The average Bonchev–Trinajstić information content (AvgIpc) is 3.00. The minimum Gasteiger partial charge on any atom is -0.489 e. The van der Waals surface area contributed by atoms with Gasteiger partial charge in [0.2, 0.25) is 0 Å². The Morgan fingerprint density at radius 1 is 1.11 bits per heavy atom. The second-order valence-electron chi connectivity index (χ2n) is 7.45. The number of nitrogens with one attached hydrogen (secondary N) is 1. The van der Waals surface area contributed by atoms with E-state index in [1.807, 2.05) is 18.2 Å². The average molecular weight is 471 g/mol.